The molecule has 0 radical (unpaired) electrons. The van der Waals surface area contributed by atoms with Crippen molar-refractivity contribution in [2.75, 3.05) is 17.7 Å². The summed E-state index contributed by atoms with van der Waals surface area (Å²) in [5.74, 6) is 0.943. The normalized spacial score (nSPS) is 16.6. The smallest absolute Gasteiger partial charge is 0.329 e. The first-order valence-electron chi connectivity index (χ1n) is 5.50. The molecule has 1 aliphatic carbocycles. The van der Waals surface area contributed by atoms with Crippen LogP contribution in [0.1, 0.15) is 19.8 Å². The summed E-state index contributed by atoms with van der Waals surface area (Å²) < 4.78 is 0. The maximum absolute atomic E-state index is 10.9. The van der Waals surface area contributed by atoms with Crippen molar-refractivity contribution in [3.05, 3.63) is 16.3 Å². The van der Waals surface area contributed by atoms with E-state index in [-0.39, 0.29) is 17.7 Å². The second-order valence-electron chi connectivity index (χ2n) is 4.38. The van der Waals surface area contributed by atoms with E-state index in [0.29, 0.717) is 11.7 Å². The second kappa shape index (κ2) is 4.15. The van der Waals surface area contributed by atoms with E-state index in [1.807, 2.05) is 11.8 Å². The number of aromatic nitrogens is 2. The monoisotopic (exact) mass is 237 g/mol. The number of nitrogen functional groups attached to an aromatic ring is 1. The Balaban J connectivity index is 2.34. The molecule has 7 heteroatoms. The van der Waals surface area contributed by atoms with Crippen LogP contribution < -0.4 is 10.6 Å². The Morgan fingerprint density at radius 3 is 2.82 bits per heavy atom. The first-order chi connectivity index (χ1) is 8.00. The van der Waals surface area contributed by atoms with Crippen LogP contribution >= 0.6 is 0 Å². The second-order valence-corrected chi connectivity index (χ2v) is 4.38. The van der Waals surface area contributed by atoms with Gasteiger partial charge in [-0.3, -0.25) is 10.1 Å². The molecule has 1 aliphatic rings. The highest BCUT2D eigenvalue weighted by atomic mass is 16.6. The van der Waals surface area contributed by atoms with E-state index in [0.717, 1.165) is 6.20 Å². The predicted molar refractivity (Wildman–Crippen MR) is 63.7 cm³/mol. The number of nitro groups is 1. The molecule has 17 heavy (non-hydrogen) atoms. The number of hydrogen-bond acceptors (Lipinski definition) is 6. The third-order valence-electron chi connectivity index (χ3n) is 3.21. The van der Waals surface area contributed by atoms with Gasteiger partial charge in [0.2, 0.25) is 11.8 Å². The average Bonchev–Trinajstić information content (AvgIpc) is 3.10. The van der Waals surface area contributed by atoms with Crippen molar-refractivity contribution in [1.29, 1.82) is 0 Å². The average molecular weight is 237 g/mol. The molecule has 1 unspecified atom stereocenters. The zero-order valence-corrected chi connectivity index (χ0v) is 9.83. The van der Waals surface area contributed by atoms with Gasteiger partial charge in [0.15, 0.2) is 0 Å². The SMILES string of the molecule is CC(C1CC1)N(C)c1nc(N)ncc1[N+](=O)[O-]. The van der Waals surface area contributed by atoms with Crippen LogP contribution in [0.5, 0.6) is 0 Å². The summed E-state index contributed by atoms with van der Waals surface area (Å²) in [4.78, 5) is 19.9. The molecular weight excluding hydrogens is 222 g/mol. The Hall–Kier alpha value is -1.92. The fraction of sp³-hybridized carbons (Fsp3) is 0.600. The van der Waals surface area contributed by atoms with Crippen molar-refractivity contribution < 1.29 is 4.92 Å². The number of rotatable bonds is 4. The molecule has 1 heterocycles. The minimum atomic E-state index is -0.481. The van der Waals surface area contributed by atoms with Crippen LogP contribution in [0.15, 0.2) is 6.20 Å². The molecule has 1 saturated carbocycles. The Bertz CT molecular complexity index is 446. The number of anilines is 2. The Labute approximate surface area is 98.8 Å². The zero-order valence-electron chi connectivity index (χ0n) is 9.83. The lowest BCUT2D eigenvalue weighted by atomic mass is 10.2. The van der Waals surface area contributed by atoms with E-state index in [1.54, 1.807) is 7.05 Å². The first-order valence-corrected chi connectivity index (χ1v) is 5.50. The van der Waals surface area contributed by atoms with Crippen molar-refractivity contribution in [2.45, 2.75) is 25.8 Å². The standard InChI is InChI=1S/C10H15N5O2/c1-6(7-3-4-7)14(2)9-8(15(16)17)5-12-10(11)13-9/h5-7H,3-4H2,1-2H3,(H2,11,12,13). The molecule has 0 amide bonds. The molecule has 0 saturated heterocycles. The Morgan fingerprint density at radius 1 is 1.65 bits per heavy atom. The van der Waals surface area contributed by atoms with Crippen LogP contribution in [0.3, 0.4) is 0 Å². The molecule has 1 fully saturated rings. The van der Waals surface area contributed by atoms with Crippen molar-refractivity contribution >= 4 is 17.5 Å². The summed E-state index contributed by atoms with van der Waals surface area (Å²) in [7, 11) is 1.80. The molecule has 2 rings (SSSR count). The molecule has 0 aliphatic heterocycles. The van der Waals surface area contributed by atoms with Crippen LogP contribution in [0, 0.1) is 16.0 Å². The van der Waals surface area contributed by atoms with E-state index < -0.39 is 4.92 Å². The third kappa shape index (κ3) is 2.27. The minimum Gasteiger partial charge on any atom is -0.368 e. The largest absolute Gasteiger partial charge is 0.368 e. The quantitative estimate of drug-likeness (QED) is 0.624. The first kappa shape index (κ1) is 11.6. The predicted octanol–water partition coefficient (Wildman–Crippen LogP) is 1.20. The molecule has 0 spiro atoms. The molecule has 92 valence electrons. The van der Waals surface area contributed by atoms with Crippen molar-refractivity contribution in [3.63, 3.8) is 0 Å². The van der Waals surface area contributed by atoms with Gasteiger partial charge >= 0.3 is 5.69 Å². The molecule has 1 aromatic heterocycles. The number of hydrogen-bond donors (Lipinski definition) is 1. The fourth-order valence-electron chi connectivity index (χ4n) is 1.86. The van der Waals surface area contributed by atoms with Gasteiger partial charge in [0.05, 0.1) is 4.92 Å². The molecule has 0 aromatic carbocycles. The molecular formula is C10H15N5O2. The number of nitrogens with zero attached hydrogens (tertiary/aromatic N) is 4. The van der Waals surface area contributed by atoms with Crippen molar-refractivity contribution in [3.8, 4) is 0 Å². The summed E-state index contributed by atoms with van der Waals surface area (Å²) in [6.07, 6.45) is 3.49. The lowest BCUT2D eigenvalue weighted by molar-refractivity contribution is -0.384. The van der Waals surface area contributed by atoms with Gasteiger partial charge in [-0.25, -0.2) is 4.98 Å². The summed E-state index contributed by atoms with van der Waals surface area (Å²) in [5, 5.41) is 10.9. The van der Waals surface area contributed by atoms with Crippen LogP contribution in [0.4, 0.5) is 17.5 Å². The van der Waals surface area contributed by atoms with Gasteiger partial charge in [0, 0.05) is 13.1 Å². The topological polar surface area (TPSA) is 98.2 Å². The Kier molecular flexibility index (Phi) is 2.83. The van der Waals surface area contributed by atoms with Gasteiger partial charge in [-0.05, 0) is 25.7 Å². The van der Waals surface area contributed by atoms with Crippen LogP contribution in [-0.4, -0.2) is 28.0 Å². The molecule has 7 nitrogen and oxygen atoms in total. The summed E-state index contributed by atoms with van der Waals surface area (Å²) in [5.41, 5.74) is 5.38. The molecule has 0 bridgehead atoms. The minimum absolute atomic E-state index is 0.0560. The van der Waals surface area contributed by atoms with Crippen LogP contribution in [0.2, 0.25) is 0 Å². The van der Waals surface area contributed by atoms with Crippen molar-refractivity contribution in [2.24, 2.45) is 5.92 Å². The highest BCUT2D eigenvalue weighted by molar-refractivity contribution is 5.58. The van der Waals surface area contributed by atoms with Gasteiger partial charge in [-0.2, -0.15) is 4.98 Å². The third-order valence-corrected chi connectivity index (χ3v) is 3.21. The van der Waals surface area contributed by atoms with Crippen LogP contribution in [0.25, 0.3) is 0 Å². The van der Waals surface area contributed by atoms with E-state index in [2.05, 4.69) is 9.97 Å². The lowest BCUT2D eigenvalue weighted by Crippen LogP contribution is -2.32. The summed E-state index contributed by atoms with van der Waals surface area (Å²) >= 11 is 0. The van der Waals surface area contributed by atoms with E-state index in [4.69, 9.17) is 5.73 Å². The summed E-state index contributed by atoms with van der Waals surface area (Å²) in [6.45, 7) is 2.04. The van der Waals surface area contributed by atoms with Crippen molar-refractivity contribution in [1.82, 2.24) is 9.97 Å². The van der Waals surface area contributed by atoms with Gasteiger partial charge in [0.25, 0.3) is 0 Å². The van der Waals surface area contributed by atoms with Gasteiger partial charge in [-0.15, -0.1) is 0 Å². The lowest BCUT2D eigenvalue weighted by Gasteiger charge is -2.25. The fourth-order valence-corrected chi connectivity index (χ4v) is 1.86. The molecule has 1 atom stereocenters. The summed E-state index contributed by atoms with van der Waals surface area (Å²) in [6, 6.07) is 0.225. The zero-order chi connectivity index (χ0) is 12.6. The Morgan fingerprint density at radius 2 is 2.29 bits per heavy atom. The van der Waals surface area contributed by atoms with Crippen LogP contribution in [-0.2, 0) is 0 Å². The highest BCUT2D eigenvalue weighted by Gasteiger charge is 2.33. The van der Waals surface area contributed by atoms with Gasteiger partial charge < -0.3 is 10.6 Å². The van der Waals surface area contributed by atoms with Gasteiger partial charge in [-0.1, -0.05) is 0 Å². The highest BCUT2D eigenvalue weighted by Crippen LogP contribution is 2.37. The molecule has 2 N–H and O–H groups in total. The van der Waals surface area contributed by atoms with E-state index in [1.165, 1.54) is 12.8 Å². The van der Waals surface area contributed by atoms with Gasteiger partial charge in [0.1, 0.15) is 6.20 Å². The number of nitrogens with two attached hydrogens (primary N) is 1. The van der Waals surface area contributed by atoms with E-state index >= 15 is 0 Å². The maximum atomic E-state index is 10.9. The maximum Gasteiger partial charge on any atom is 0.329 e. The van der Waals surface area contributed by atoms with E-state index in [9.17, 15) is 10.1 Å². The molecule has 1 aromatic rings.